The summed E-state index contributed by atoms with van der Waals surface area (Å²) in [6.07, 6.45) is 4.54. The van der Waals surface area contributed by atoms with Crippen molar-refractivity contribution in [2.75, 3.05) is 0 Å². The van der Waals surface area contributed by atoms with E-state index in [4.69, 9.17) is 5.41 Å². The maximum atomic E-state index is 9.80. The number of rotatable bonds is 2. The molecule has 1 aromatic carbocycles. The first-order valence-electron chi connectivity index (χ1n) is 4.20. The van der Waals surface area contributed by atoms with Crippen LogP contribution in [0.1, 0.15) is 4.88 Å². The zero-order valence-corrected chi connectivity index (χ0v) is 8.21. The molecular formula is C11H9NOS. The lowest BCUT2D eigenvalue weighted by molar-refractivity contribution is 0.482. The monoisotopic (exact) mass is 203 g/mol. The van der Waals surface area contributed by atoms with Crippen molar-refractivity contribution in [3.05, 3.63) is 35.2 Å². The molecule has 0 aliphatic carbocycles. The van der Waals surface area contributed by atoms with Crippen LogP contribution in [0.4, 0.5) is 0 Å². The quantitative estimate of drug-likeness (QED) is 0.723. The van der Waals surface area contributed by atoms with Crippen LogP contribution in [0.2, 0.25) is 0 Å². The van der Waals surface area contributed by atoms with Crippen LogP contribution in [-0.4, -0.2) is 11.3 Å². The molecule has 1 aromatic heterocycles. The van der Waals surface area contributed by atoms with Crippen molar-refractivity contribution < 1.29 is 5.11 Å². The fourth-order valence-electron chi connectivity index (χ4n) is 1.30. The molecule has 0 unspecified atom stereocenters. The average Bonchev–Trinajstić information content (AvgIpc) is 2.54. The molecule has 2 aromatic rings. The van der Waals surface area contributed by atoms with E-state index in [-0.39, 0.29) is 0 Å². The normalized spacial score (nSPS) is 11.1. The molecule has 0 saturated carbocycles. The summed E-state index contributed by atoms with van der Waals surface area (Å²) in [4.78, 5) is 0.801. The van der Waals surface area contributed by atoms with Crippen LogP contribution >= 0.6 is 11.3 Å². The van der Waals surface area contributed by atoms with Gasteiger partial charge in [-0.05, 0) is 24.3 Å². The number of nitrogens with one attached hydrogen (secondary N) is 1. The molecule has 2 N–H and O–H groups in total. The number of hydrogen-bond acceptors (Lipinski definition) is 3. The van der Waals surface area contributed by atoms with Gasteiger partial charge in [-0.25, -0.2) is 0 Å². The second-order valence-corrected chi connectivity index (χ2v) is 3.92. The molecule has 0 aliphatic rings. The Kier molecular flexibility index (Phi) is 2.33. The van der Waals surface area contributed by atoms with Crippen molar-refractivity contribution >= 4 is 33.7 Å². The van der Waals surface area contributed by atoms with E-state index in [1.807, 2.05) is 24.3 Å². The third kappa shape index (κ3) is 1.42. The topological polar surface area (TPSA) is 44.1 Å². The molecule has 0 fully saturated rings. The van der Waals surface area contributed by atoms with Gasteiger partial charge in [0.15, 0.2) is 0 Å². The molecule has 14 heavy (non-hydrogen) atoms. The highest BCUT2D eigenvalue weighted by atomic mass is 32.1. The van der Waals surface area contributed by atoms with Crippen LogP contribution in [0.25, 0.3) is 16.2 Å². The maximum absolute atomic E-state index is 9.80. The molecular weight excluding hydrogens is 194 g/mol. The number of allylic oxidation sites excluding steroid dienone is 1. The summed E-state index contributed by atoms with van der Waals surface area (Å²) in [7, 11) is 0. The summed E-state index contributed by atoms with van der Waals surface area (Å²) < 4.78 is 1.06. The van der Waals surface area contributed by atoms with Crippen molar-refractivity contribution in [2.45, 2.75) is 0 Å². The SMILES string of the molecule is N=CC=Cc1sc2ccccc2c1O. The number of hydrogen-bond donors (Lipinski definition) is 2. The van der Waals surface area contributed by atoms with Gasteiger partial charge in [-0.15, -0.1) is 11.3 Å². The Morgan fingerprint density at radius 1 is 1.29 bits per heavy atom. The highest BCUT2D eigenvalue weighted by Crippen LogP contribution is 2.37. The van der Waals surface area contributed by atoms with E-state index >= 15 is 0 Å². The first-order valence-corrected chi connectivity index (χ1v) is 5.02. The van der Waals surface area contributed by atoms with E-state index in [0.29, 0.717) is 5.75 Å². The lowest BCUT2D eigenvalue weighted by Gasteiger charge is -1.88. The zero-order chi connectivity index (χ0) is 9.97. The molecule has 70 valence electrons. The first kappa shape index (κ1) is 8.97. The van der Waals surface area contributed by atoms with E-state index in [2.05, 4.69) is 0 Å². The third-order valence-electron chi connectivity index (χ3n) is 1.94. The Morgan fingerprint density at radius 2 is 2.07 bits per heavy atom. The highest BCUT2D eigenvalue weighted by Gasteiger charge is 2.06. The molecule has 2 rings (SSSR count). The second kappa shape index (κ2) is 3.64. The van der Waals surface area contributed by atoms with Crippen molar-refractivity contribution in [3.8, 4) is 5.75 Å². The van der Waals surface area contributed by atoms with Crippen LogP contribution in [0, 0.1) is 5.41 Å². The predicted molar refractivity (Wildman–Crippen MR) is 61.3 cm³/mol. The van der Waals surface area contributed by atoms with E-state index in [1.165, 1.54) is 17.6 Å². The van der Waals surface area contributed by atoms with Crippen molar-refractivity contribution in [2.24, 2.45) is 0 Å². The Bertz CT molecular complexity index is 499. The minimum atomic E-state index is 0.309. The maximum Gasteiger partial charge on any atom is 0.141 e. The van der Waals surface area contributed by atoms with Gasteiger partial charge in [-0.3, -0.25) is 0 Å². The van der Waals surface area contributed by atoms with Gasteiger partial charge in [0.2, 0.25) is 0 Å². The Labute approximate surface area is 85.6 Å². The first-order chi connectivity index (χ1) is 6.83. The van der Waals surface area contributed by atoms with E-state index in [1.54, 1.807) is 12.2 Å². The van der Waals surface area contributed by atoms with Gasteiger partial charge in [-0.1, -0.05) is 12.1 Å². The van der Waals surface area contributed by atoms with Gasteiger partial charge in [0, 0.05) is 16.3 Å². The summed E-state index contributed by atoms with van der Waals surface area (Å²) in [6, 6.07) is 7.71. The fraction of sp³-hybridized carbons (Fsp3) is 0. The Morgan fingerprint density at radius 3 is 2.79 bits per heavy atom. The summed E-state index contributed by atoms with van der Waals surface area (Å²) >= 11 is 1.52. The number of fused-ring (bicyclic) bond motifs is 1. The minimum absolute atomic E-state index is 0.309. The highest BCUT2D eigenvalue weighted by molar-refractivity contribution is 7.20. The fourth-order valence-corrected chi connectivity index (χ4v) is 2.31. The lowest BCUT2D eigenvalue weighted by Crippen LogP contribution is -1.64. The smallest absolute Gasteiger partial charge is 0.141 e. The molecule has 0 aliphatic heterocycles. The third-order valence-corrected chi connectivity index (χ3v) is 3.06. The van der Waals surface area contributed by atoms with Crippen LogP contribution in [0.15, 0.2) is 30.3 Å². The zero-order valence-electron chi connectivity index (χ0n) is 7.40. The van der Waals surface area contributed by atoms with Crippen LogP contribution in [-0.2, 0) is 0 Å². The summed E-state index contributed by atoms with van der Waals surface area (Å²) in [5.41, 5.74) is 0. The number of aromatic hydroxyl groups is 1. The summed E-state index contributed by atoms with van der Waals surface area (Å²) in [5, 5.41) is 17.5. The standard InChI is InChI=1S/C11H9NOS/c12-7-3-6-10-11(13)8-4-1-2-5-9(8)14-10/h1-7,12-13H. The molecule has 3 heteroatoms. The van der Waals surface area contributed by atoms with E-state index < -0.39 is 0 Å². The molecule has 0 atom stereocenters. The van der Waals surface area contributed by atoms with Gasteiger partial charge in [0.1, 0.15) is 5.75 Å². The largest absolute Gasteiger partial charge is 0.506 e. The minimum Gasteiger partial charge on any atom is -0.506 e. The molecule has 2 nitrogen and oxygen atoms in total. The number of thiophene rings is 1. The average molecular weight is 203 g/mol. The van der Waals surface area contributed by atoms with Crippen LogP contribution in [0.5, 0.6) is 5.75 Å². The summed E-state index contributed by atoms with van der Waals surface area (Å²) in [5.74, 6) is 0.309. The van der Waals surface area contributed by atoms with E-state index in [9.17, 15) is 5.11 Å². The van der Waals surface area contributed by atoms with Crippen LogP contribution in [0.3, 0.4) is 0 Å². The molecule has 0 amide bonds. The Hall–Kier alpha value is -1.61. The van der Waals surface area contributed by atoms with Crippen molar-refractivity contribution in [3.63, 3.8) is 0 Å². The molecule has 0 saturated heterocycles. The lowest BCUT2D eigenvalue weighted by atomic mass is 10.2. The molecule has 1 heterocycles. The second-order valence-electron chi connectivity index (χ2n) is 2.84. The number of benzene rings is 1. The van der Waals surface area contributed by atoms with Crippen molar-refractivity contribution in [1.82, 2.24) is 0 Å². The van der Waals surface area contributed by atoms with Gasteiger partial charge in [0.25, 0.3) is 0 Å². The summed E-state index contributed by atoms with van der Waals surface area (Å²) in [6.45, 7) is 0. The van der Waals surface area contributed by atoms with Gasteiger partial charge in [-0.2, -0.15) is 0 Å². The molecule has 0 radical (unpaired) electrons. The van der Waals surface area contributed by atoms with Crippen molar-refractivity contribution in [1.29, 1.82) is 5.41 Å². The predicted octanol–water partition coefficient (Wildman–Crippen LogP) is 3.27. The molecule has 0 bridgehead atoms. The van der Waals surface area contributed by atoms with Gasteiger partial charge >= 0.3 is 0 Å². The van der Waals surface area contributed by atoms with E-state index in [0.717, 1.165) is 15.0 Å². The molecule has 0 spiro atoms. The van der Waals surface area contributed by atoms with Gasteiger partial charge < -0.3 is 10.5 Å². The van der Waals surface area contributed by atoms with Crippen LogP contribution < -0.4 is 0 Å². The Balaban J connectivity index is 2.62. The van der Waals surface area contributed by atoms with Gasteiger partial charge in [0.05, 0.1) is 4.88 Å².